The predicted octanol–water partition coefficient (Wildman–Crippen LogP) is 2.67. The molecule has 25 heavy (non-hydrogen) atoms. The Bertz CT molecular complexity index is 750. The number of hydrogen-bond donors (Lipinski definition) is 1. The summed E-state index contributed by atoms with van der Waals surface area (Å²) in [5.74, 6) is 0.318. The molecule has 1 saturated heterocycles. The van der Waals surface area contributed by atoms with Crippen LogP contribution in [0.1, 0.15) is 24.0 Å². The van der Waals surface area contributed by atoms with Crippen molar-refractivity contribution in [3.8, 4) is 11.5 Å². The van der Waals surface area contributed by atoms with Crippen LogP contribution in [0, 0.1) is 0 Å². The summed E-state index contributed by atoms with van der Waals surface area (Å²) in [6.45, 7) is 1.76. The maximum atomic E-state index is 13.1. The van der Waals surface area contributed by atoms with Crippen molar-refractivity contribution in [2.45, 2.75) is 24.5 Å². The van der Waals surface area contributed by atoms with Gasteiger partial charge in [0.2, 0.25) is 5.60 Å². The van der Waals surface area contributed by atoms with Crippen LogP contribution in [0.2, 0.25) is 0 Å². The molecule has 0 aliphatic carbocycles. The monoisotopic (exact) mass is 339 g/mol. The minimum atomic E-state index is -1.85. The van der Waals surface area contributed by atoms with Gasteiger partial charge in [-0.3, -0.25) is 0 Å². The molecule has 2 heterocycles. The fraction of sp³-hybridized carbons (Fsp3) is 0.350. The van der Waals surface area contributed by atoms with Crippen LogP contribution < -0.4 is 4.74 Å². The smallest absolute Gasteiger partial charge is 0.348 e. The standard InChI is InChI=1S/C20H21NO4/c1-21-12-10-14(11-13-21)24-19(22)20(23)15-6-2-4-8-17(15)25-18-9-5-3-7-16(18)20/h2-9,14,23H,10-13H2,1H3. The minimum Gasteiger partial charge on any atom is -0.460 e. The molecule has 0 amide bonds. The molecule has 2 aromatic carbocycles. The van der Waals surface area contributed by atoms with Crippen molar-refractivity contribution in [1.82, 2.24) is 4.90 Å². The van der Waals surface area contributed by atoms with Gasteiger partial charge in [-0.1, -0.05) is 36.4 Å². The average molecular weight is 339 g/mol. The topological polar surface area (TPSA) is 59.0 Å². The second-order valence-electron chi connectivity index (χ2n) is 6.71. The lowest BCUT2D eigenvalue weighted by molar-refractivity contribution is -0.170. The number of esters is 1. The molecule has 0 unspecified atom stereocenters. The van der Waals surface area contributed by atoms with E-state index in [2.05, 4.69) is 11.9 Å². The number of carbonyl (C=O) groups is 1. The van der Waals surface area contributed by atoms with E-state index in [4.69, 9.17) is 9.47 Å². The Hall–Kier alpha value is -2.37. The summed E-state index contributed by atoms with van der Waals surface area (Å²) in [7, 11) is 2.05. The molecular weight excluding hydrogens is 318 g/mol. The Morgan fingerprint density at radius 2 is 1.60 bits per heavy atom. The molecule has 0 aromatic heterocycles. The minimum absolute atomic E-state index is 0.171. The van der Waals surface area contributed by atoms with Crippen LogP contribution in [-0.4, -0.2) is 42.2 Å². The number of benzene rings is 2. The number of carbonyl (C=O) groups excluding carboxylic acids is 1. The fourth-order valence-corrected chi connectivity index (χ4v) is 3.53. The number of rotatable bonds is 2. The molecule has 2 aromatic rings. The highest BCUT2D eigenvalue weighted by Crippen LogP contribution is 2.47. The summed E-state index contributed by atoms with van der Waals surface area (Å²) in [4.78, 5) is 15.3. The Morgan fingerprint density at radius 1 is 1.08 bits per heavy atom. The van der Waals surface area contributed by atoms with Gasteiger partial charge in [-0.2, -0.15) is 0 Å². The summed E-state index contributed by atoms with van der Waals surface area (Å²) in [6, 6.07) is 14.1. The number of piperidine rings is 1. The summed E-state index contributed by atoms with van der Waals surface area (Å²) in [6.07, 6.45) is 1.38. The maximum absolute atomic E-state index is 13.1. The van der Waals surface area contributed by atoms with E-state index in [0.29, 0.717) is 22.6 Å². The van der Waals surface area contributed by atoms with Gasteiger partial charge in [0.1, 0.15) is 17.6 Å². The lowest BCUT2D eigenvalue weighted by Gasteiger charge is -2.36. The molecule has 0 bridgehead atoms. The van der Waals surface area contributed by atoms with Crippen molar-refractivity contribution >= 4 is 5.97 Å². The third kappa shape index (κ3) is 2.69. The molecule has 5 heteroatoms. The fourth-order valence-electron chi connectivity index (χ4n) is 3.53. The van der Waals surface area contributed by atoms with Crippen molar-refractivity contribution in [1.29, 1.82) is 0 Å². The lowest BCUT2D eigenvalue weighted by atomic mass is 9.83. The Balaban J connectivity index is 1.71. The van der Waals surface area contributed by atoms with E-state index in [1.54, 1.807) is 36.4 Å². The van der Waals surface area contributed by atoms with Gasteiger partial charge in [0.15, 0.2) is 0 Å². The first kappa shape index (κ1) is 16.1. The lowest BCUT2D eigenvalue weighted by Crippen LogP contribution is -2.44. The van der Waals surface area contributed by atoms with Crippen LogP contribution in [-0.2, 0) is 15.1 Å². The third-order valence-corrected chi connectivity index (χ3v) is 5.01. The predicted molar refractivity (Wildman–Crippen MR) is 92.6 cm³/mol. The first-order valence-corrected chi connectivity index (χ1v) is 8.58. The molecule has 1 fully saturated rings. The van der Waals surface area contributed by atoms with Gasteiger partial charge < -0.3 is 19.5 Å². The molecule has 0 atom stereocenters. The van der Waals surface area contributed by atoms with Crippen LogP contribution >= 0.6 is 0 Å². The largest absolute Gasteiger partial charge is 0.460 e. The highest BCUT2D eigenvalue weighted by atomic mass is 16.6. The highest BCUT2D eigenvalue weighted by Gasteiger charge is 2.49. The van der Waals surface area contributed by atoms with E-state index < -0.39 is 11.6 Å². The number of likely N-dealkylation sites (tertiary alicyclic amines) is 1. The summed E-state index contributed by atoms with van der Waals surface area (Å²) in [5, 5.41) is 11.5. The number of para-hydroxylation sites is 2. The quantitative estimate of drug-likeness (QED) is 0.853. The van der Waals surface area contributed by atoms with E-state index in [9.17, 15) is 9.90 Å². The zero-order valence-corrected chi connectivity index (χ0v) is 14.1. The number of fused-ring (bicyclic) bond motifs is 2. The SMILES string of the molecule is CN1CCC(OC(=O)C2(O)c3ccccc3Oc3ccccc32)CC1. The molecular formula is C20H21NO4. The Labute approximate surface area is 146 Å². The Kier molecular flexibility index (Phi) is 3.98. The van der Waals surface area contributed by atoms with Gasteiger partial charge in [-0.05, 0) is 32.0 Å². The highest BCUT2D eigenvalue weighted by molar-refractivity contribution is 5.88. The van der Waals surface area contributed by atoms with Crippen molar-refractivity contribution in [2.24, 2.45) is 0 Å². The van der Waals surface area contributed by atoms with Gasteiger partial charge in [0, 0.05) is 24.2 Å². The summed E-state index contributed by atoms with van der Waals surface area (Å²) in [5.41, 5.74) is -1.01. The van der Waals surface area contributed by atoms with E-state index >= 15 is 0 Å². The van der Waals surface area contributed by atoms with Crippen LogP contribution in [0.3, 0.4) is 0 Å². The molecule has 4 rings (SSSR count). The van der Waals surface area contributed by atoms with Crippen molar-refractivity contribution in [2.75, 3.05) is 20.1 Å². The van der Waals surface area contributed by atoms with Crippen LogP contribution in [0.5, 0.6) is 11.5 Å². The second-order valence-corrected chi connectivity index (χ2v) is 6.71. The maximum Gasteiger partial charge on any atom is 0.348 e. The van der Waals surface area contributed by atoms with Crippen LogP contribution in [0.25, 0.3) is 0 Å². The normalized spacial score (nSPS) is 19.4. The first-order chi connectivity index (χ1) is 12.1. The molecule has 1 N–H and O–H groups in total. The summed E-state index contributed by atoms with van der Waals surface area (Å²) >= 11 is 0. The van der Waals surface area contributed by atoms with Crippen molar-refractivity contribution in [3.63, 3.8) is 0 Å². The van der Waals surface area contributed by atoms with Crippen molar-refractivity contribution in [3.05, 3.63) is 59.7 Å². The molecule has 5 nitrogen and oxygen atoms in total. The van der Waals surface area contributed by atoms with E-state index in [0.717, 1.165) is 25.9 Å². The second kappa shape index (κ2) is 6.17. The molecule has 2 aliphatic heterocycles. The molecule has 130 valence electrons. The van der Waals surface area contributed by atoms with Gasteiger partial charge in [-0.25, -0.2) is 4.79 Å². The summed E-state index contributed by atoms with van der Waals surface area (Å²) < 4.78 is 11.6. The Morgan fingerprint density at radius 3 is 2.16 bits per heavy atom. The number of ether oxygens (including phenoxy) is 2. The number of aliphatic hydroxyl groups is 1. The number of nitrogens with zero attached hydrogens (tertiary/aromatic N) is 1. The zero-order valence-electron chi connectivity index (χ0n) is 14.1. The van der Waals surface area contributed by atoms with E-state index in [1.807, 2.05) is 12.1 Å². The van der Waals surface area contributed by atoms with Gasteiger partial charge in [-0.15, -0.1) is 0 Å². The van der Waals surface area contributed by atoms with Gasteiger partial charge in [0.25, 0.3) is 0 Å². The number of hydrogen-bond acceptors (Lipinski definition) is 5. The van der Waals surface area contributed by atoms with Gasteiger partial charge in [0.05, 0.1) is 0 Å². The van der Waals surface area contributed by atoms with Crippen LogP contribution in [0.4, 0.5) is 0 Å². The van der Waals surface area contributed by atoms with E-state index in [-0.39, 0.29) is 6.10 Å². The molecule has 0 radical (unpaired) electrons. The van der Waals surface area contributed by atoms with Crippen molar-refractivity contribution < 1.29 is 19.4 Å². The third-order valence-electron chi connectivity index (χ3n) is 5.01. The average Bonchev–Trinajstić information content (AvgIpc) is 2.64. The van der Waals surface area contributed by atoms with E-state index in [1.165, 1.54) is 0 Å². The molecule has 0 spiro atoms. The molecule has 2 aliphatic rings. The van der Waals surface area contributed by atoms with Crippen LogP contribution in [0.15, 0.2) is 48.5 Å². The first-order valence-electron chi connectivity index (χ1n) is 8.58. The zero-order chi connectivity index (χ0) is 17.4. The molecule has 0 saturated carbocycles. The van der Waals surface area contributed by atoms with Gasteiger partial charge >= 0.3 is 5.97 Å².